The molecule has 5 heteroatoms. The first-order chi connectivity index (χ1) is 12.0. The van der Waals surface area contributed by atoms with E-state index in [1.807, 2.05) is 24.3 Å². The van der Waals surface area contributed by atoms with E-state index in [-0.39, 0.29) is 11.8 Å². The van der Waals surface area contributed by atoms with Crippen molar-refractivity contribution in [2.45, 2.75) is 19.8 Å². The molecular formula is C20H20FN3O. The van der Waals surface area contributed by atoms with Gasteiger partial charge in [0.25, 0.3) is 5.91 Å². The van der Waals surface area contributed by atoms with Crippen molar-refractivity contribution in [3.05, 3.63) is 77.9 Å². The lowest BCUT2D eigenvalue weighted by molar-refractivity contribution is 0.0992. The summed E-state index contributed by atoms with van der Waals surface area (Å²) in [4.78, 5) is 14.4. The van der Waals surface area contributed by atoms with Crippen molar-refractivity contribution in [3.63, 3.8) is 0 Å². The van der Waals surface area contributed by atoms with Crippen molar-refractivity contribution in [3.8, 4) is 5.69 Å². The molecule has 2 aromatic carbocycles. The summed E-state index contributed by atoms with van der Waals surface area (Å²) < 4.78 is 15.8. The molecule has 0 aliphatic carbocycles. The number of anilines is 1. The van der Waals surface area contributed by atoms with Crippen LogP contribution >= 0.6 is 0 Å². The zero-order chi connectivity index (χ0) is 18.0. The van der Waals surface area contributed by atoms with Gasteiger partial charge in [-0.05, 0) is 41.8 Å². The second kappa shape index (κ2) is 6.89. The van der Waals surface area contributed by atoms with Crippen molar-refractivity contribution >= 4 is 11.6 Å². The number of rotatable bonds is 4. The van der Waals surface area contributed by atoms with E-state index in [4.69, 9.17) is 0 Å². The number of halogens is 1. The highest BCUT2D eigenvalue weighted by molar-refractivity contribution is 6.06. The van der Waals surface area contributed by atoms with E-state index in [2.05, 4.69) is 18.9 Å². The Bertz CT molecular complexity index is 888. The van der Waals surface area contributed by atoms with Crippen molar-refractivity contribution in [1.29, 1.82) is 0 Å². The van der Waals surface area contributed by atoms with Crippen molar-refractivity contribution < 1.29 is 9.18 Å². The molecule has 128 valence electrons. The molecule has 0 radical (unpaired) electrons. The number of nitrogens with zero attached hydrogens (tertiary/aromatic N) is 3. The highest BCUT2D eigenvalue weighted by atomic mass is 19.1. The average Bonchev–Trinajstić information content (AvgIpc) is 3.14. The lowest BCUT2D eigenvalue weighted by Crippen LogP contribution is -2.27. The van der Waals surface area contributed by atoms with Crippen LogP contribution in [0.15, 0.2) is 60.9 Å². The summed E-state index contributed by atoms with van der Waals surface area (Å²) >= 11 is 0. The molecule has 0 unspecified atom stereocenters. The number of hydrogen-bond donors (Lipinski definition) is 0. The molecule has 0 aliphatic heterocycles. The van der Waals surface area contributed by atoms with Crippen LogP contribution in [0.2, 0.25) is 0 Å². The number of hydrogen-bond acceptors (Lipinski definition) is 2. The maximum Gasteiger partial charge on any atom is 0.258 e. The Morgan fingerprint density at radius 2 is 1.92 bits per heavy atom. The van der Waals surface area contributed by atoms with Gasteiger partial charge in [-0.3, -0.25) is 4.79 Å². The smallest absolute Gasteiger partial charge is 0.258 e. The van der Waals surface area contributed by atoms with Gasteiger partial charge in [-0.1, -0.05) is 32.0 Å². The summed E-state index contributed by atoms with van der Waals surface area (Å²) in [7, 11) is 1.71. The second-order valence-corrected chi connectivity index (χ2v) is 6.19. The third-order valence-corrected chi connectivity index (χ3v) is 4.17. The molecule has 0 spiro atoms. The molecule has 0 N–H and O–H groups in total. The summed E-state index contributed by atoms with van der Waals surface area (Å²) in [5, 5.41) is 4.02. The molecule has 1 heterocycles. The number of amides is 1. The number of carbonyl (C=O) groups is 1. The van der Waals surface area contributed by atoms with Crippen molar-refractivity contribution in [2.24, 2.45) is 0 Å². The van der Waals surface area contributed by atoms with Crippen LogP contribution in [0, 0.1) is 5.82 Å². The summed E-state index contributed by atoms with van der Waals surface area (Å²) in [6.45, 7) is 4.16. The Labute approximate surface area is 146 Å². The van der Waals surface area contributed by atoms with Crippen molar-refractivity contribution in [2.75, 3.05) is 11.9 Å². The summed E-state index contributed by atoms with van der Waals surface area (Å²) in [5.41, 5.74) is 2.52. The fraction of sp³-hybridized carbons (Fsp3) is 0.200. The van der Waals surface area contributed by atoms with Crippen LogP contribution in [0.25, 0.3) is 5.69 Å². The maximum absolute atomic E-state index is 14.4. The van der Waals surface area contributed by atoms with Crippen molar-refractivity contribution in [1.82, 2.24) is 9.78 Å². The topological polar surface area (TPSA) is 38.1 Å². The van der Waals surface area contributed by atoms with E-state index in [1.165, 1.54) is 10.7 Å². The van der Waals surface area contributed by atoms with E-state index in [9.17, 15) is 9.18 Å². The van der Waals surface area contributed by atoms with E-state index >= 15 is 0 Å². The highest BCUT2D eigenvalue weighted by Crippen LogP contribution is 2.28. The van der Waals surface area contributed by atoms with Crippen LogP contribution in [-0.4, -0.2) is 22.7 Å². The van der Waals surface area contributed by atoms with E-state index < -0.39 is 5.82 Å². The van der Waals surface area contributed by atoms with E-state index in [0.29, 0.717) is 11.3 Å². The molecule has 0 bridgehead atoms. The Morgan fingerprint density at radius 1 is 1.16 bits per heavy atom. The average molecular weight is 337 g/mol. The summed E-state index contributed by atoms with van der Waals surface area (Å²) in [5.74, 6) is -0.454. The monoisotopic (exact) mass is 337 g/mol. The Hall–Kier alpha value is -2.95. The first-order valence-corrected chi connectivity index (χ1v) is 8.15. The van der Waals surface area contributed by atoms with Gasteiger partial charge in [0.05, 0.1) is 0 Å². The number of aromatic nitrogens is 2. The van der Waals surface area contributed by atoms with Gasteiger partial charge in [0, 0.05) is 30.7 Å². The third kappa shape index (κ3) is 3.31. The van der Waals surface area contributed by atoms with Crippen LogP contribution < -0.4 is 4.90 Å². The lowest BCUT2D eigenvalue weighted by atomic mass is 10.00. The first kappa shape index (κ1) is 16.9. The highest BCUT2D eigenvalue weighted by Gasteiger charge is 2.19. The number of carbonyl (C=O) groups excluding carboxylic acids is 1. The van der Waals surface area contributed by atoms with Crippen LogP contribution in [0.5, 0.6) is 0 Å². The number of para-hydroxylation sites is 1. The quantitative estimate of drug-likeness (QED) is 0.707. The van der Waals surface area contributed by atoms with Gasteiger partial charge in [0.2, 0.25) is 0 Å². The summed E-state index contributed by atoms with van der Waals surface area (Å²) in [6, 6.07) is 13.9. The molecule has 1 amide bonds. The normalized spacial score (nSPS) is 10.9. The van der Waals surface area contributed by atoms with Gasteiger partial charge < -0.3 is 4.90 Å². The molecule has 3 rings (SSSR count). The minimum absolute atomic E-state index is 0.251. The first-order valence-electron chi connectivity index (χ1n) is 8.15. The van der Waals surface area contributed by atoms with Gasteiger partial charge in [-0.25, -0.2) is 9.07 Å². The van der Waals surface area contributed by atoms with Crippen LogP contribution in [-0.2, 0) is 0 Å². The zero-order valence-electron chi connectivity index (χ0n) is 14.5. The Balaban J connectivity index is 1.92. The second-order valence-electron chi connectivity index (χ2n) is 6.19. The lowest BCUT2D eigenvalue weighted by Gasteiger charge is -2.22. The standard InChI is InChI=1S/C20H20FN3O/c1-14(2)16-7-4-5-8-18(16)23(3)20(25)15-9-10-19(17(21)13-15)24-12-6-11-22-24/h4-14H,1-3H3. The molecule has 4 nitrogen and oxygen atoms in total. The van der Waals surface area contributed by atoms with Gasteiger partial charge in [0.15, 0.2) is 0 Å². The Morgan fingerprint density at radius 3 is 2.56 bits per heavy atom. The number of benzene rings is 2. The SMILES string of the molecule is CC(C)c1ccccc1N(C)C(=O)c1ccc(-n2cccn2)c(F)c1. The third-order valence-electron chi connectivity index (χ3n) is 4.17. The Kier molecular flexibility index (Phi) is 4.65. The molecular weight excluding hydrogens is 317 g/mol. The van der Waals surface area contributed by atoms with Gasteiger partial charge in [-0.15, -0.1) is 0 Å². The summed E-state index contributed by atoms with van der Waals surface area (Å²) in [6.07, 6.45) is 3.24. The largest absolute Gasteiger partial charge is 0.311 e. The predicted molar refractivity (Wildman–Crippen MR) is 96.8 cm³/mol. The molecule has 0 saturated heterocycles. The van der Waals surface area contributed by atoms with Gasteiger partial charge in [0.1, 0.15) is 11.5 Å². The molecule has 0 aliphatic rings. The van der Waals surface area contributed by atoms with Crippen LogP contribution in [0.3, 0.4) is 0 Å². The molecule has 1 aromatic heterocycles. The molecule has 3 aromatic rings. The minimum Gasteiger partial charge on any atom is -0.311 e. The van der Waals surface area contributed by atoms with Crippen LogP contribution in [0.1, 0.15) is 35.7 Å². The minimum atomic E-state index is -0.486. The fourth-order valence-electron chi connectivity index (χ4n) is 2.82. The van der Waals surface area contributed by atoms with E-state index in [1.54, 1.807) is 42.5 Å². The molecule has 25 heavy (non-hydrogen) atoms. The molecule has 0 saturated carbocycles. The van der Waals surface area contributed by atoms with E-state index in [0.717, 1.165) is 11.3 Å². The predicted octanol–water partition coefficient (Wildman–Crippen LogP) is 4.41. The van der Waals surface area contributed by atoms with Gasteiger partial charge in [-0.2, -0.15) is 5.10 Å². The van der Waals surface area contributed by atoms with Gasteiger partial charge >= 0.3 is 0 Å². The van der Waals surface area contributed by atoms with Crippen LogP contribution in [0.4, 0.5) is 10.1 Å². The zero-order valence-corrected chi connectivity index (χ0v) is 14.5. The molecule has 0 fully saturated rings. The molecule has 0 atom stereocenters. The fourth-order valence-corrected chi connectivity index (χ4v) is 2.82. The maximum atomic E-state index is 14.4.